The number of nitrogens with zero attached hydrogens (tertiary/aromatic N) is 4. The van der Waals surface area contributed by atoms with Crippen LogP contribution in [0.4, 0.5) is 5.82 Å². The lowest BCUT2D eigenvalue weighted by atomic mass is 10.3. The summed E-state index contributed by atoms with van der Waals surface area (Å²) < 4.78 is 0. The number of nitrogens with one attached hydrogen (secondary N) is 1. The van der Waals surface area contributed by atoms with Gasteiger partial charge in [0.1, 0.15) is 16.5 Å². The second-order valence-corrected chi connectivity index (χ2v) is 6.53. The fourth-order valence-electron chi connectivity index (χ4n) is 2.55. The average molecular weight is 305 g/mol. The second-order valence-electron chi connectivity index (χ2n) is 5.63. The van der Waals surface area contributed by atoms with Gasteiger partial charge < -0.3 is 10.2 Å². The molecule has 0 amide bonds. The van der Waals surface area contributed by atoms with Gasteiger partial charge in [-0.3, -0.25) is 4.90 Å². The van der Waals surface area contributed by atoms with Gasteiger partial charge in [0.2, 0.25) is 0 Å². The number of hydrogen-bond acceptors (Lipinski definition) is 6. The summed E-state index contributed by atoms with van der Waals surface area (Å²) in [6.45, 7) is 8.42. The Labute approximate surface area is 130 Å². The number of anilines is 1. The van der Waals surface area contributed by atoms with Gasteiger partial charge in [-0.15, -0.1) is 11.3 Å². The van der Waals surface area contributed by atoms with Gasteiger partial charge in [-0.1, -0.05) is 6.92 Å². The standard InChI is InChI=1S/C15H23N5S/c1-3-5-16-14-12-4-10-21-15(12)18-13(17-14)11-20-8-6-19(2)7-9-20/h4,10H,3,5-9,11H2,1-2H3,(H,16,17,18). The van der Waals surface area contributed by atoms with Crippen molar-refractivity contribution in [1.82, 2.24) is 19.8 Å². The molecule has 0 spiro atoms. The number of piperazine rings is 1. The number of likely N-dealkylation sites (N-methyl/N-ethyl adjacent to an activating group) is 1. The van der Waals surface area contributed by atoms with Crippen LogP contribution in [0.3, 0.4) is 0 Å². The van der Waals surface area contributed by atoms with E-state index in [9.17, 15) is 0 Å². The molecule has 5 nitrogen and oxygen atoms in total. The van der Waals surface area contributed by atoms with Crippen LogP contribution in [0.5, 0.6) is 0 Å². The summed E-state index contributed by atoms with van der Waals surface area (Å²) >= 11 is 1.69. The average Bonchev–Trinajstić information content (AvgIpc) is 2.95. The zero-order valence-corrected chi connectivity index (χ0v) is 13.6. The predicted molar refractivity (Wildman–Crippen MR) is 89.0 cm³/mol. The molecule has 21 heavy (non-hydrogen) atoms. The van der Waals surface area contributed by atoms with Crippen LogP contribution in [0.15, 0.2) is 11.4 Å². The number of hydrogen-bond donors (Lipinski definition) is 1. The topological polar surface area (TPSA) is 44.3 Å². The lowest BCUT2D eigenvalue weighted by molar-refractivity contribution is 0.145. The zero-order valence-electron chi connectivity index (χ0n) is 12.8. The first-order valence-electron chi connectivity index (χ1n) is 7.65. The van der Waals surface area contributed by atoms with Gasteiger partial charge in [0.25, 0.3) is 0 Å². The van der Waals surface area contributed by atoms with Crippen molar-refractivity contribution in [2.24, 2.45) is 0 Å². The second kappa shape index (κ2) is 6.68. The molecule has 6 heteroatoms. The first-order chi connectivity index (χ1) is 10.3. The van der Waals surface area contributed by atoms with E-state index in [0.29, 0.717) is 0 Å². The summed E-state index contributed by atoms with van der Waals surface area (Å²) in [4.78, 5) is 15.4. The smallest absolute Gasteiger partial charge is 0.146 e. The molecule has 1 fully saturated rings. The maximum atomic E-state index is 4.75. The molecule has 2 aromatic heterocycles. The third-order valence-electron chi connectivity index (χ3n) is 3.87. The number of aromatic nitrogens is 2. The van der Waals surface area contributed by atoms with Crippen LogP contribution in [-0.4, -0.2) is 59.5 Å². The van der Waals surface area contributed by atoms with Gasteiger partial charge in [-0.05, 0) is 24.9 Å². The van der Waals surface area contributed by atoms with Gasteiger partial charge in [0.15, 0.2) is 0 Å². The largest absolute Gasteiger partial charge is 0.369 e. The van der Waals surface area contributed by atoms with Gasteiger partial charge in [-0.25, -0.2) is 9.97 Å². The Balaban J connectivity index is 1.78. The van der Waals surface area contributed by atoms with E-state index in [-0.39, 0.29) is 0 Å². The maximum Gasteiger partial charge on any atom is 0.146 e. The quantitative estimate of drug-likeness (QED) is 0.918. The summed E-state index contributed by atoms with van der Waals surface area (Å²) in [6, 6.07) is 2.11. The number of fused-ring (bicyclic) bond motifs is 1. The van der Waals surface area contributed by atoms with Crippen LogP contribution in [-0.2, 0) is 6.54 Å². The highest BCUT2D eigenvalue weighted by atomic mass is 32.1. The Morgan fingerprint density at radius 3 is 2.81 bits per heavy atom. The molecule has 0 aliphatic carbocycles. The summed E-state index contributed by atoms with van der Waals surface area (Å²) in [5, 5.41) is 6.68. The van der Waals surface area contributed by atoms with Crippen molar-refractivity contribution in [3.05, 3.63) is 17.3 Å². The summed E-state index contributed by atoms with van der Waals surface area (Å²) in [6.07, 6.45) is 1.10. The molecule has 3 rings (SSSR count). The Hall–Kier alpha value is -1.24. The molecular formula is C15H23N5S. The van der Waals surface area contributed by atoms with Gasteiger partial charge >= 0.3 is 0 Å². The van der Waals surface area contributed by atoms with E-state index in [1.165, 1.54) is 0 Å². The predicted octanol–water partition coefficient (Wildman–Crippen LogP) is 2.26. The first-order valence-corrected chi connectivity index (χ1v) is 8.53. The van der Waals surface area contributed by atoms with Crippen LogP contribution in [0.1, 0.15) is 19.2 Å². The summed E-state index contributed by atoms with van der Waals surface area (Å²) in [5.41, 5.74) is 0. The minimum Gasteiger partial charge on any atom is -0.369 e. The van der Waals surface area contributed by atoms with Gasteiger partial charge in [0, 0.05) is 32.7 Å². The first kappa shape index (κ1) is 14.7. The van der Waals surface area contributed by atoms with Crippen LogP contribution in [0, 0.1) is 0 Å². The molecule has 3 heterocycles. The fourth-order valence-corrected chi connectivity index (χ4v) is 3.34. The molecule has 1 aliphatic heterocycles. The monoisotopic (exact) mass is 305 g/mol. The Kier molecular flexibility index (Phi) is 4.67. The number of rotatable bonds is 5. The zero-order chi connectivity index (χ0) is 14.7. The van der Waals surface area contributed by atoms with Crippen LogP contribution in [0.2, 0.25) is 0 Å². The third kappa shape index (κ3) is 3.51. The van der Waals surface area contributed by atoms with Crippen LogP contribution in [0.25, 0.3) is 10.2 Å². The maximum absolute atomic E-state index is 4.75. The van der Waals surface area contributed by atoms with Crippen molar-refractivity contribution in [2.45, 2.75) is 19.9 Å². The molecule has 0 saturated carbocycles. The lowest BCUT2D eigenvalue weighted by Gasteiger charge is -2.31. The van der Waals surface area contributed by atoms with Crippen molar-refractivity contribution in [3.8, 4) is 0 Å². The SMILES string of the molecule is CCCNc1nc(CN2CCN(C)CC2)nc2sccc12. The Bertz CT molecular complexity index is 589. The van der Waals surface area contributed by atoms with E-state index in [1.54, 1.807) is 11.3 Å². The van der Waals surface area contributed by atoms with Gasteiger partial charge in [0.05, 0.1) is 11.9 Å². The van der Waals surface area contributed by atoms with E-state index < -0.39 is 0 Å². The minimum atomic E-state index is 0.850. The highest BCUT2D eigenvalue weighted by Gasteiger charge is 2.16. The molecule has 0 atom stereocenters. The molecule has 0 aromatic carbocycles. The fraction of sp³-hybridized carbons (Fsp3) is 0.600. The summed E-state index contributed by atoms with van der Waals surface area (Å²) in [7, 11) is 2.18. The molecule has 2 aromatic rings. The van der Waals surface area contributed by atoms with E-state index >= 15 is 0 Å². The molecule has 1 N–H and O–H groups in total. The van der Waals surface area contributed by atoms with E-state index in [2.05, 4.69) is 40.5 Å². The van der Waals surface area contributed by atoms with Crippen molar-refractivity contribution >= 4 is 27.4 Å². The molecular weight excluding hydrogens is 282 g/mol. The van der Waals surface area contributed by atoms with E-state index in [4.69, 9.17) is 9.97 Å². The molecule has 114 valence electrons. The van der Waals surface area contributed by atoms with Crippen LogP contribution < -0.4 is 5.32 Å². The van der Waals surface area contributed by atoms with Crippen LogP contribution >= 0.6 is 11.3 Å². The molecule has 0 bridgehead atoms. The number of thiophene rings is 1. The van der Waals surface area contributed by atoms with Crippen molar-refractivity contribution < 1.29 is 0 Å². The van der Waals surface area contributed by atoms with Crippen molar-refractivity contribution in [3.63, 3.8) is 0 Å². The Morgan fingerprint density at radius 1 is 1.24 bits per heavy atom. The van der Waals surface area contributed by atoms with E-state index in [1.807, 2.05) is 0 Å². The van der Waals surface area contributed by atoms with Crippen molar-refractivity contribution in [2.75, 3.05) is 45.1 Å². The normalized spacial score (nSPS) is 17.4. The van der Waals surface area contributed by atoms with E-state index in [0.717, 1.165) is 67.5 Å². The molecule has 1 aliphatic rings. The highest BCUT2D eigenvalue weighted by Crippen LogP contribution is 2.25. The summed E-state index contributed by atoms with van der Waals surface area (Å²) in [5.74, 6) is 1.93. The minimum absolute atomic E-state index is 0.850. The highest BCUT2D eigenvalue weighted by molar-refractivity contribution is 7.16. The lowest BCUT2D eigenvalue weighted by Crippen LogP contribution is -2.44. The molecule has 1 saturated heterocycles. The van der Waals surface area contributed by atoms with Gasteiger partial charge in [-0.2, -0.15) is 0 Å². The Morgan fingerprint density at radius 2 is 2.05 bits per heavy atom. The molecule has 0 unspecified atom stereocenters. The third-order valence-corrected chi connectivity index (χ3v) is 4.68. The molecule has 0 radical (unpaired) electrons. The van der Waals surface area contributed by atoms with Crippen molar-refractivity contribution in [1.29, 1.82) is 0 Å².